The van der Waals surface area contributed by atoms with Crippen LogP contribution in [-0.2, 0) is 9.59 Å². The average Bonchev–Trinajstić information content (AvgIpc) is 3.11. The largest absolute Gasteiger partial charge is 0.480 e. The van der Waals surface area contributed by atoms with Gasteiger partial charge >= 0.3 is 5.97 Å². The number of H-pyrrole nitrogens is 1. The van der Waals surface area contributed by atoms with Gasteiger partial charge in [0.25, 0.3) is 5.91 Å². The second-order valence-corrected chi connectivity index (χ2v) is 5.96. The predicted molar refractivity (Wildman–Crippen MR) is 104 cm³/mol. The Kier molecular flexibility index (Phi) is 5.54. The molecule has 3 rings (SSSR count). The standard InChI is InChI=1S/C19H17N5O5/c1-3-14(25)23-11-5-4-6-12(7-11)29-15-9-21-17-16(24-15)13(8-20-17)18(26)22-10(2)19(27)28/h3-10H,1H2,2H3,(H,20,21)(H,22,26)(H,23,25)(H,27,28). The van der Waals surface area contributed by atoms with Crippen LogP contribution in [0.4, 0.5) is 5.69 Å². The van der Waals surface area contributed by atoms with Crippen molar-refractivity contribution in [1.82, 2.24) is 20.3 Å². The number of aromatic amines is 1. The van der Waals surface area contributed by atoms with E-state index in [9.17, 15) is 14.4 Å². The first-order valence-electron chi connectivity index (χ1n) is 8.46. The van der Waals surface area contributed by atoms with E-state index in [2.05, 4.69) is 32.2 Å². The number of rotatable bonds is 7. The second-order valence-electron chi connectivity index (χ2n) is 5.96. The normalized spacial score (nSPS) is 11.5. The van der Waals surface area contributed by atoms with Crippen LogP contribution >= 0.6 is 0 Å². The summed E-state index contributed by atoms with van der Waals surface area (Å²) in [6.45, 7) is 4.75. The van der Waals surface area contributed by atoms with Crippen molar-refractivity contribution >= 4 is 34.6 Å². The number of nitrogens with one attached hydrogen (secondary N) is 3. The van der Waals surface area contributed by atoms with Crippen molar-refractivity contribution in [2.45, 2.75) is 13.0 Å². The van der Waals surface area contributed by atoms with E-state index in [4.69, 9.17) is 9.84 Å². The van der Waals surface area contributed by atoms with E-state index in [1.54, 1.807) is 24.3 Å². The summed E-state index contributed by atoms with van der Waals surface area (Å²) >= 11 is 0. The Labute approximate surface area is 164 Å². The number of aromatic nitrogens is 3. The highest BCUT2D eigenvalue weighted by molar-refractivity contribution is 6.05. The average molecular weight is 395 g/mol. The number of carbonyl (C=O) groups excluding carboxylic acids is 2. The molecule has 29 heavy (non-hydrogen) atoms. The highest BCUT2D eigenvalue weighted by Gasteiger charge is 2.20. The molecular formula is C19H17N5O5. The van der Waals surface area contributed by atoms with Crippen LogP contribution in [0, 0.1) is 0 Å². The first kappa shape index (κ1) is 19.5. The van der Waals surface area contributed by atoms with E-state index in [1.807, 2.05) is 0 Å². The Balaban J connectivity index is 1.84. The predicted octanol–water partition coefficient (Wildman–Crippen LogP) is 2.08. The topological polar surface area (TPSA) is 146 Å². The Bertz CT molecular complexity index is 1110. The number of carboxylic acids is 1. The zero-order valence-electron chi connectivity index (χ0n) is 15.3. The Hall–Kier alpha value is -4.21. The maximum absolute atomic E-state index is 12.3. The summed E-state index contributed by atoms with van der Waals surface area (Å²) in [4.78, 5) is 45.9. The van der Waals surface area contributed by atoms with Gasteiger partial charge in [-0.3, -0.25) is 14.4 Å². The van der Waals surface area contributed by atoms with E-state index in [1.165, 1.54) is 19.3 Å². The van der Waals surface area contributed by atoms with Gasteiger partial charge in [-0.15, -0.1) is 0 Å². The van der Waals surface area contributed by atoms with Crippen LogP contribution in [-0.4, -0.2) is 43.9 Å². The van der Waals surface area contributed by atoms with Gasteiger partial charge in [-0.05, 0) is 25.1 Å². The SMILES string of the molecule is C=CC(=O)Nc1cccc(Oc2cnc3[nH]cc(C(=O)NC(C)C(=O)O)c3n2)c1. The molecule has 0 saturated carbocycles. The van der Waals surface area contributed by atoms with Gasteiger partial charge in [-0.1, -0.05) is 12.6 Å². The molecule has 0 aliphatic rings. The molecule has 10 nitrogen and oxygen atoms in total. The van der Waals surface area contributed by atoms with Crippen LogP contribution in [0.3, 0.4) is 0 Å². The molecule has 0 spiro atoms. The maximum atomic E-state index is 12.3. The molecular weight excluding hydrogens is 378 g/mol. The van der Waals surface area contributed by atoms with Crippen molar-refractivity contribution in [3.63, 3.8) is 0 Å². The number of carbonyl (C=O) groups is 3. The van der Waals surface area contributed by atoms with Gasteiger partial charge in [-0.2, -0.15) is 0 Å². The number of amides is 2. The molecule has 2 amide bonds. The molecule has 2 aromatic heterocycles. The highest BCUT2D eigenvalue weighted by Crippen LogP contribution is 2.24. The molecule has 0 fully saturated rings. The van der Waals surface area contributed by atoms with E-state index in [0.717, 1.165) is 6.08 Å². The summed E-state index contributed by atoms with van der Waals surface area (Å²) in [6.07, 6.45) is 3.91. The van der Waals surface area contributed by atoms with Crippen LogP contribution < -0.4 is 15.4 Å². The summed E-state index contributed by atoms with van der Waals surface area (Å²) in [5.74, 6) is -1.61. The Morgan fingerprint density at radius 3 is 2.86 bits per heavy atom. The second kappa shape index (κ2) is 8.21. The van der Waals surface area contributed by atoms with Crippen molar-refractivity contribution < 1.29 is 24.2 Å². The van der Waals surface area contributed by atoms with Gasteiger partial charge in [0.05, 0.1) is 11.8 Å². The summed E-state index contributed by atoms with van der Waals surface area (Å²) in [7, 11) is 0. The molecule has 0 radical (unpaired) electrons. The lowest BCUT2D eigenvalue weighted by Crippen LogP contribution is -2.38. The summed E-state index contributed by atoms with van der Waals surface area (Å²) in [5, 5.41) is 13.9. The Morgan fingerprint density at radius 2 is 2.14 bits per heavy atom. The van der Waals surface area contributed by atoms with E-state index >= 15 is 0 Å². The van der Waals surface area contributed by atoms with E-state index in [-0.39, 0.29) is 22.9 Å². The fourth-order valence-electron chi connectivity index (χ4n) is 2.38. The van der Waals surface area contributed by atoms with Crippen LogP contribution in [0.5, 0.6) is 11.6 Å². The summed E-state index contributed by atoms with van der Waals surface area (Å²) < 4.78 is 5.68. The third-order valence-corrected chi connectivity index (χ3v) is 3.83. The molecule has 0 bridgehead atoms. The number of carboxylic acid groups (broad SMARTS) is 1. The van der Waals surface area contributed by atoms with Gasteiger partial charge in [0.1, 0.15) is 17.3 Å². The molecule has 2 heterocycles. The molecule has 3 aromatic rings. The van der Waals surface area contributed by atoms with Crippen molar-refractivity contribution in [2.75, 3.05) is 5.32 Å². The quantitative estimate of drug-likeness (QED) is 0.448. The molecule has 148 valence electrons. The maximum Gasteiger partial charge on any atom is 0.325 e. The molecule has 1 aromatic carbocycles. The number of hydrogen-bond acceptors (Lipinski definition) is 6. The van der Waals surface area contributed by atoms with Crippen LogP contribution in [0.25, 0.3) is 11.2 Å². The fraction of sp³-hybridized carbons (Fsp3) is 0.105. The third-order valence-electron chi connectivity index (χ3n) is 3.83. The molecule has 10 heteroatoms. The minimum Gasteiger partial charge on any atom is -0.480 e. The monoisotopic (exact) mass is 395 g/mol. The molecule has 1 atom stereocenters. The number of aliphatic carboxylic acids is 1. The van der Waals surface area contributed by atoms with Crippen LogP contribution in [0.15, 0.2) is 49.3 Å². The number of hydrogen-bond donors (Lipinski definition) is 4. The van der Waals surface area contributed by atoms with Gasteiger partial charge in [0.2, 0.25) is 11.8 Å². The van der Waals surface area contributed by atoms with Crippen molar-refractivity contribution in [3.05, 3.63) is 54.9 Å². The number of anilines is 1. The third kappa shape index (κ3) is 4.56. The zero-order valence-corrected chi connectivity index (χ0v) is 15.3. The number of nitrogens with zero attached hydrogens (tertiary/aromatic N) is 2. The summed E-state index contributed by atoms with van der Waals surface area (Å²) in [6, 6.07) is 5.55. The zero-order chi connectivity index (χ0) is 21.0. The number of benzene rings is 1. The minimum absolute atomic E-state index is 0.115. The minimum atomic E-state index is -1.16. The van der Waals surface area contributed by atoms with Crippen LogP contribution in [0.2, 0.25) is 0 Å². The lowest BCUT2D eigenvalue weighted by Gasteiger charge is -2.09. The lowest BCUT2D eigenvalue weighted by molar-refractivity contribution is -0.138. The summed E-state index contributed by atoms with van der Waals surface area (Å²) in [5.41, 5.74) is 1.22. The molecule has 1 unspecified atom stereocenters. The first-order chi connectivity index (χ1) is 13.9. The number of ether oxygens (including phenoxy) is 1. The van der Waals surface area contributed by atoms with Crippen molar-refractivity contribution in [2.24, 2.45) is 0 Å². The van der Waals surface area contributed by atoms with Crippen molar-refractivity contribution in [3.8, 4) is 11.6 Å². The van der Waals surface area contributed by atoms with E-state index < -0.39 is 17.9 Å². The van der Waals surface area contributed by atoms with Gasteiger partial charge in [0.15, 0.2) is 5.65 Å². The smallest absolute Gasteiger partial charge is 0.325 e. The van der Waals surface area contributed by atoms with Crippen molar-refractivity contribution in [1.29, 1.82) is 0 Å². The molecule has 0 aliphatic carbocycles. The highest BCUT2D eigenvalue weighted by atomic mass is 16.5. The number of fused-ring (bicyclic) bond motifs is 1. The molecule has 4 N–H and O–H groups in total. The van der Waals surface area contributed by atoms with Gasteiger partial charge in [0, 0.05) is 18.0 Å². The van der Waals surface area contributed by atoms with Gasteiger partial charge < -0.3 is 25.5 Å². The van der Waals surface area contributed by atoms with E-state index in [0.29, 0.717) is 17.1 Å². The van der Waals surface area contributed by atoms with Crippen LogP contribution in [0.1, 0.15) is 17.3 Å². The van der Waals surface area contributed by atoms with Gasteiger partial charge in [-0.25, -0.2) is 9.97 Å². The molecule has 0 aliphatic heterocycles. The lowest BCUT2D eigenvalue weighted by atomic mass is 10.2. The molecule has 0 saturated heterocycles. The Morgan fingerprint density at radius 1 is 1.34 bits per heavy atom. The fourth-order valence-corrected chi connectivity index (χ4v) is 2.38. The first-order valence-corrected chi connectivity index (χ1v) is 8.46.